The van der Waals surface area contributed by atoms with Gasteiger partial charge in [0.15, 0.2) is 0 Å². The largest absolute Gasteiger partial charge is 0.236 e. The highest BCUT2D eigenvalue weighted by Gasteiger charge is 2.37. The number of benzene rings is 1. The first kappa shape index (κ1) is 15.8. The van der Waals surface area contributed by atoms with E-state index in [2.05, 4.69) is 0 Å². The molecule has 2 fully saturated rings. The zero-order valence-corrected chi connectivity index (χ0v) is 13.8. The SMILES string of the molecule is O=S(=O)(/C=C/c1ccccc1)N(C1CCCC1)C1CCCC1. The van der Waals surface area contributed by atoms with Crippen LogP contribution in [0.4, 0.5) is 0 Å². The summed E-state index contributed by atoms with van der Waals surface area (Å²) < 4.78 is 27.7. The van der Waals surface area contributed by atoms with E-state index in [9.17, 15) is 8.42 Å². The van der Waals surface area contributed by atoms with E-state index < -0.39 is 10.0 Å². The standard InChI is InChI=1S/C18H25NO2S/c20-22(21,15-14-16-8-2-1-3-9-16)19(17-10-4-5-11-17)18-12-6-7-13-18/h1-3,8-9,14-15,17-18H,4-7,10-13H2/b15-14+. The summed E-state index contributed by atoms with van der Waals surface area (Å²) in [7, 11) is -3.33. The second-order valence-electron chi connectivity index (χ2n) is 6.46. The van der Waals surface area contributed by atoms with Crippen molar-refractivity contribution in [1.29, 1.82) is 0 Å². The summed E-state index contributed by atoms with van der Waals surface area (Å²) in [5.74, 6) is 0. The van der Waals surface area contributed by atoms with Crippen LogP contribution in [-0.4, -0.2) is 24.8 Å². The molecule has 3 nitrogen and oxygen atoms in total. The number of hydrogen-bond donors (Lipinski definition) is 0. The molecule has 1 aromatic rings. The highest BCUT2D eigenvalue weighted by atomic mass is 32.2. The zero-order chi connectivity index (χ0) is 15.4. The molecule has 2 aliphatic carbocycles. The molecule has 0 aromatic heterocycles. The van der Waals surface area contributed by atoms with Crippen molar-refractivity contribution in [3.63, 3.8) is 0 Å². The van der Waals surface area contributed by atoms with Gasteiger partial charge in [-0.15, -0.1) is 0 Å². The van der Waals surface area contributed by atoms with E-state index in [1.807, 2.05) is 34.6 Å². The van der Waals surface area contributed by atoms with Crippen molar-refractivity contribution in [1.82, 2.24) is 4.31 Å². The Morgan fingerprint density at radius 1 is 0.864 bits per heavy atom. The molecule has 0 spiro atoms. The average molecular weight is 319 g/mol. The number of sulfonamides is 1. The summed E-state index contributed by atoms with van der Waals surface area (Å²) in [6, 6.07) is 10.1. The molecule has 0 atom stereocenters. The Kier molecular flexibility index (Phi) is 4.99. The van der Waals surface area contributed by atoms with Crippen molar-refractivity contribution in [3.05, 3.63) is 41.3 Å². The van der Waals surface area contributed by atoms with E-state index in [4.69, 9.17) is 0 Å². The topological polar surface area (TPSA) is 37.4 Å². The Hall–Kier alpha value is -1.13. The van der Waals surface area contributed by atoms with E-state index in [0.29, 0.717) is 0 Å². The summed E-state index contributed by atoms with van der Waals surface area (Å²) in [5.41, 5.74) is 0.934. The summed E-state index contributed by atoms with van der Waals surface area (Å²) in [4.78, 5) is 0. The summed E-state index contributed by atoms with van der Waals surface area (Å²) >= 11 is 0. The molecule has 0 bridgehead atoms. The third-order valence-electron chi connectivity index (χ3n) is 4.90. The molecular weight excluding hydrogens is 294 g/mol. The number of rotatable bonds is 5. The molecule has 2 aliphatic rings. The molecule has 120 valence electrons. The van der Waals surface area contributed by atoms with Gasteiger partial charge in [-0.05, 0) is 37.3 Å². The van der Waals surface area contributed by atoms with Crippen molar-refractivity contribution >= 4 is 16.1 Å². The van der Waals surface area contributed by atoms with Crippen LogP contribution in [0.3, 0.4) is 0 Å². The molecule has 1 aromatic carbocycles. The zero-order valence-electron chi connectivity index (χ0n) is 13.0. The van der Waals surface area contributed by atoms with Gasteiger partial charge in [-0.2, -0.15) is 4.31 Å². The Labute approximate surface area is 134 Å². The molecule has 0 aliphatic heterocycles. The molecule has 3 rings (SSSR count). The lowest BCUT2D eigenvalue weighted by molar-refractivity contribution is 0.255. The van der Waals surface area contributed by atoms with Gasteiger partial charge in [0.2, 0.25) is 10.0 Å². The van der Waals surface area contributed by atoms with Gasteiger partial charge >= 0.3 is 0 Å². The first-order valence-corrected chi connectivity index (χ1v) is 9.94. The van der Waals surface area contributed by atoms with Gasteiger partial charge in [-0.1, -0.05) is 56.0 Å². The normalized spacial score (nSPS) is 21.3. The van der Waals surface area contributed by atoms with Gasteiger partial charge in [-0.25, -0.2) is 8.42 Å². The van der Waals surface area contributed by atoms with Crippen LogP contribution in [0.25, 0.3) is 6.08 Å². The molecule has 4 heteroatoms. The van der Waals surface area contributed by atoms with Crippen LogP contribution in [0.15, 0.2) is 35.7 Å². The minimum atomic E-state index is -3.33. The molecule has 22 heavy (non-hydrogen) atoms. The lowest BCUT2D eigenvalue weighted by Gasteiger charge is -2.32. The maximum Gasteiger partial charge on any atom is 0.236 e. The van der Waals surface area contributed by atoms with Gasteiger partial charge in [0.1, 0.15) is 0 Å². The Morgan fingerprint density at radius 3 is 1.86 bits per heavy atom. The number of hydrogen-bond acceptors (Lipinski definition) is 2. The lowest BCUT2D eigenvalue weighted by atomic mass is 10.2. The maximum atomic E-state index is 12.9. The monoisotopic (exact) mass is 319 g/mol. The van der Waals surface area contributed by atoms with Crippen molar-refractivity contribution in [2.75, 3.05) is 0 Å². The van der Waals surface area contributed by atoms with Gasteiger partial charge < -0.3 is 0 Å². The van der Waals surface area contributed by atoms with Crippen LogP contribution in [0.2, 0.25) is 0 Å². The van der Waals surface area contributed by atoms with Crippen molar-refractivity contribution in [2.24, 2.45) is 0 Å². The van der Waals surface area contributed by atoms with E-state index in [1.54, 1.807) is 6.08 Å². The van der Waals surface area contributed by atoms with Gasteiger partial charge in [0.25, 0.3) is 0 Å². The first-order chi connectivity index (χ1) is 10.7. The van der Waals surface area contributed by atoms with Crippen molar-refractivity contribution in [3.8, 4) is 0 Å². The van der Waals surface area contributed by atoms with Crippen LogP contribution < -0.4 is 0 Å². The fourth-order valence-electron chi connectivity index (χ4n) is 3.83. The summed E-state index contributed by atoms with van der Waals surface area (Å²) in [6.45, 7) is 0. The van der Waals surface area contributed by atoms with E-state index >= 15 is 0 Å². The molecule has 0 unspecified atom stereocenters. The third-order valence-corrected chi connectivity index (χ3v) is 6.56. The summed E-state index contributed by atoms with van der Waals surface area (Å²) in [5, 5.41) is 1.42. The molecule has 0 N–H and O–H groups in total. The fourth-order valence-corrected chi connectivity index (χ4v) is 5.55. The van der Waals surface area contributed by atoms with Gasteiger partial charge in [-0.3, -0.25) is 0 Å². The molecule has 0 radical (unpaired) electrons. The van der Waals surface area contributed by atoms with Gasteiger partial charge in [0.05, 0.1) is 0 Å². The van der Waals surface area contributed by atoms with Crippen LogP contribution in [0, 0.1) is 0 Å². The highest BCUT2D eigenvalue weighted by molar-refractivity contribution is 7.92. The average Bonchev–Trinajstić information content (AvgIpc) is 3.21. The van der Waals surface area contributed by atoms with Crippen LogP contribution in [-0.2, 0) is 10.0 Å². The molecule has 0 heterocycles. The van der Waals surface area contributed by atoms with Crippen molar-refractivity contribution < 1.29 is 8.42 Å². The van der Waals surface area contributed by atoms with Crippen LogP contribution in [0.1, 0.15) is 56.9 Å². The van der Waals surface area contributed by atoms with Crippen LogP contribution in [0.5, 0.6) is 0 Å². The smallest absolute Gasteiger partial charge is 0.207 e. The molecule has 2 saturated carbocycles. The predicted octanol–water partition coefficient (Wildman–Crippen LogP) is 4.17. The van der Waals surface area contributed by atoms with E-state index in [-0.39, 0.29) is 12.1 Å². The Morgan fingerprint density at radius 2 is 1.36 bits per heavy atom. The minimum Gasteiger partial charge on any atom is -0.207 e. The quantitative estimate of drug-likeness (QED) is 0.816. The minimum absolute atomic E-state index is 0.216. The second kappa shape index (κ2) is 6.97. The second-order valence-corrected chi connectivity index (χ2v) is 8.19. The Balaban J connectivity index is 1.83. The maximum absolute atomic E-state index is 12.9. The van der Waals surface area contributed by atoms with E-state index in [1.165, 1.54) is 5.41 Å². The first-order valence-electron chi connectivity index (χ1n) is 8.43. The highest BCUT2D eigenvalue weighted by Crippen LogP contribution is 2.34. The molecular formula is C18H25NO2S. The summed E-state index contributed by atoms with van der Waals surface area (Å²) in [6.07, 6.45) is 10.5. The molecule has 0 amide bonds. The van der Waals surface area contributed by atoms with E-state index in [0.717, 1.165) is 56.9 Å². The predicted molar refractivity (Wildman–Crippen MR) is 90.7 cm³/mol. The Bertz CT molecular complexity index is 581. The van der Waals surface area contributed by atoms with Crippen LogP contribution >= 0.6 is 0 Å². The third kappa shape index (κ3) is 3.61. The fraction of sp³-hybridized carbons (Fsp3) is 0.556. The lowest BCUT2D eigenvalue weighted by Crippen LogP contribution is -2.44. The number of nitrogens with zero attached hydrogens (tertiary/aromatic N) is 1. The molecule has 0 saturated heterocycles. The van der Waals surface area contributed by atoms with Gasteiger partial charge in [0, 0.05) is 17.5 Å². The van der Waals surface area contributed by atoms with Crippen molar-refractivity contribution in [2.45, 2.75) is 63.5 Å².